The zero-order valence-corrected chi connectivity index (χ0v) is 12.0. The van der Waals surface area contributed by atoms with Crippen LogP contribution in [0.3, 0.4) is 0 Å². The molecule has 1 unspecified atom stereocenters. The molecule has 0 spiro atoms. The van der Waals surface area contributed by atoms with Gasteiger partial charge in [0.2, 0.25) is 0 Å². The number of methoxy groups -OCH3 is 2. The quantitative estimate of drug-likeness (QED) is 0.859. The van der Waals surface area contributed by atoms with Crippen LogP contribution < -0.4 is 20.1 Å². The van der Waals surface area contributed by atoms with Crippen molar-refractivity contribution in [3.63, 3.8) is 0 Å². The summed E-state index contributed by atoms with van der Waals surface area (Å²) in [5.74, 6) is 1.06. The summed E-state index contributed by atoms with van der Waals surface area (Å²) >= 11 is 0. The molecule has 1 atom stereocenters. The number of benzene rings is 1. The van der Waals surface area contributed by atoms with Gasteiger partial charge in [0.05, 0.1) is 20.8 Å². The van der Waals surface area contributed by atoms with E-state index < -0.39 is 6.10 Å². The molecule has 0 aromatic heterocycles. The number of carbonyl (C=O) groups excluding carboxylic acids is 1. The van der Waals surface area contributed by atoms with Gasteiger partial charge in [-0.15, -0.1) is 0 Å². The molecule has 0 radical (unpaired) electrons. The van der Waals surface area contributed by atoms with Gasteiger partial charge in [-0.2, -0.15) is 0 Å². The molecule has 20 heavy (non-hydrogen) atoms. The molecule has 1 fully saturated rings. The lowest BCUT2D eigenvalue weighted by atomic mass is 10.1. The Labute approximate surface area is 118 Å². The van der Waals surface area contributed by atoms with Crippen LogP contribution in [0.1, 0.15) is 5.56 Å². The molecule has 1 aliphatic heterocycles. The lowest BCUT2D eigenvalue weighted by Crippen LogP contribution is -2.45. The molecule has 1 aromatic carbocycles. The monoisotopic (exact) mass is 280 g/mol. The fourth-order valence-corrected chi connectivity index (χ4v) is 2.06. The van der Waals surface area contributed by atoms with Gasteiger partial charge in [0.1, 0.15) is 6.10 Å². The van der Waals surface area contributed by atoms with E-state index >= 15 is 0 Å². The fourth-order valence-electron chi connectivity index (χ4n) is 2.06. The minimum atomic E-state index is -0.462. The van der Waals surface area contributed by atoms with E-state index in [9.17, 15) is 4.79 Å². The average molecular weight is 280 g/mol. The minimum absolute atomic E-state index is 0.160. The lowest BCUT2D eigenvalue weighted by Gasteiger charge is -2.23. The van der Waals surface area contributed by atoms with E-state index in [1.165, 1.54) is 0 Å². The van der Waals surface area contributed by atoms with Crippen LogP contribution in [0.5, 0.6) is 11.5 Å². The van der Waals surface area contributed by atoms with Gasteiger partial charge in [0.15, 0.2) is 11.5 Å². The normalized spacial score (nSPS) is 18.4. The SMILES string of the molecule is COc1cc(C)c(NC(=O)C2CNCCO2)cc1OC. The number of anilines is 1. The van der Waals surface area contributed by atoms with Crippen LogP contribution in [0.2, 0.25) is 0 Å². The van der Waals surface area contributed by atoms with E-state index in [1.807, 2.05) is 13.0 Å². The molecule has 2 N–H and O–H groups in total. The van der Waals surface area contributed by atoms with Gasteiger partial charge in [0, 0.05) is 24.8 Å². The average Bonchev–Trinajstić information content (AvgIpc) is 2.49. The zero-order valence-electron chi connectivity index (χ0n) is 12.0. The van der Waals surface area contributed by atoms with Crippen molar-refractivity contribution in [2.24, 2.45) is 0 Å². The topological polar surface area (TPSA) is 68.8 Å². The molecule has 6 heteroatoms. The maximum atomic E-state index is 12.1. The van der Waals surface area contributed by atoms with Gasteiger partial charge in [0.25, 0.3) is 5.91 Å². The van der Waals surface area contributed by atoms with Gasteiger partial charge in [-0.1, -0.05) is 0 Å². The molecule has 0 saturated carbocycles. The second-order valence-electron chi connectivity index (χ2n) is 4.57. The molecular weight excluding hydrogens is 260 g/mol. The molecule has 1 saturated heterocycles. The maximum Gasteiger partial charge on any atom is 0.254 e. The number of rotatable bonds is 4. The Morgan fingerprint density at radius 3 is 2.65 bits per heavy atom. The first-order valence-corrected chi connectivity index (χ1v) is 6.51. The van der Waals surface area contributed by atoms with Crippen molar-refractivity contribution in [1.29, 1.82) is 0 Å². The summed E-state index contributed by atoms with van der Waals surface area (Å²) in [6.45, 7) is 3.75. The number of ether oxygens (including phenoxy) is 3. The highest BCUT2D eigenvalue weighted by Gasteiger charge is 2.22. The number of hydrogen-bond acceptors (Lipinski definition) is 5. The van der Waals surface area contributed by atoms with Crippen molar-refractivity contribution >= 4 is 11.6 Å². The first kappa shape index (κ1) is 14.6. The molecule has 1 heterocycles. The Morgan fingerprint density at radius 1 is 1.35 bits per heavy atom. The third-order valence-electron chi connectivity index (χ3n) is 3.21. The van der Waals surface area contributed by atoms with E-state index in [0.29, 0.717) is 30.3 Å². The Hall–Kier alpha value is -1.79. The molecule has 110 valence electrons. The molecular formula is C14H20N2O4. The maximum absolute atomic E-state index is 12.1. The van der Waals surface area contributed by atoms with Gasteiger partial charge in [-0.3, -0.25) is 4.79 Å². The van der Waals surface area contributed by atoms with E-state index in [0.717, 1.165) is 12.1 Å². The number of hydrogen-bond donors (Lipinski definition) is 2. The van der Waals surface area contributed by atoms with Gasteiger partial charge < -0.3 is 24.8 Å². The number of morpholine rings is 1. The van der Waals surface area contributed by atoms with Crippen LogP contribution in [0.4, 0.5) is 5.69 Å². The summed E-state index contributed by atoms with van der Waals surface area (Å²) in [4.78, 5) is 12.1. The van der Waals surface area contributed by atoms with Gasteiger partial charge in [-0.25, -0.2) is 0 Å². The van der Waals surface area contributed by atoms with Gasteiger partial charge >= 0.3 is 0 Å². The summed E-state index contributed by atoms with van der Waals surface area (Å²) < 4.78 is 15.9. The van der Waals surface area contributed by atoms with Crippen LogP contribution in [-0.2, 0) is 9.53 Å². The predicted octanol–water partition coefficient (Wildman–Crippen LogP) is 0.939. The van der Waals surface area contributed by atoms with Crippen LogP contribution in [0.15, 0.2) is 12.1 Å². The molecule has 1 amide bonds. The molecule has 2 rings (SSSR count). The molecule has 0 bridgehead atoms. The van der Waals surface area contributed by atoms with E-state index in [1.54, 1.807) is 20.3 Å². The Balaban J connectivity index is 2.13. The van der Waals surface area contributed by atoms with Crippen LogP contribution in [-0.4, -0.2) is 45.9 Å². The van der Waals surface area contributed by atoms with Crippen LogP contribution >= 0.6 is 0 Å². The van der Waals surface area contributed by atoms with Crippen molar-refractivity contribution < 1.29 is 19.0 Å². The summed E-state index contributed by atoms with van der Waals surface area (Å²) in [7, 11) is 3.14. The van der Waals surface area contributed by atoms with E-state index in [4.69, 9.17) is 14.2 Å². The first-order chi connectivity index (χ1) is 9.65. The molecule has 1 aromatic rings. The second kappa shape index (κ2) is 6.58. The number of amides is 1. The molecule has 0 aliphatic carbocycles. The summed E-state index contributed by atoms with van der Waals surface area (Å²) in [5.41, 5.74) is 1.60. The van der Waals surface area contributed by atoms with E-state index in [-0.39, 0.29) is 5.91 Å². The van der Waals surface area contributed by atoms with Crippen molar-refractivity contribution in [2.45, 2.75) is 13.0 Å². The smallest absolute Gasteiger partial charge is 0.254 e. The van der Waals surface area contributed by atoms with Crippen molar-refractivity contribution in [3.8, 4) is 11.5 Å². The number of nitrogens with one attached hydrogen (secondary N) is 2. The highest BCUT2D eigenvalue weighted by molar-refractivity contribution is 5.95. The summed E-state index contributed by atoms with van der Waals surface area (Å²) in [6, 6.07) is 3.58. The first-order valence-electron chi connectivity index (χ1n) is 6.51. The minimum Gasteiger partial charge on any atom is -0.493 e. The summed E-state index contributed by atoms with van der Waals surface area (Å²) in [5, 5.41) is 5.99. The Morgan fingerprint density at radius 2 is 2.05 bits per heavy atom. The van der Waals surface area contributed by atoms with Gasteiger partial charge in [-0.05, 0) is 18.6 Å². The highest BCUT2D eigenvalue weighted by Crippen LogP contribution is 2.32. The number of carbonyl (C=O) groups is 1. The third kappa shape index (κ3) is 3.20. The second-order valence-corrected chi connectivity index (χ2v) is 4.57. The largest absolute Gasteiger partial charge is 0.493 e. The standard InChI is InChI=1S/C14H20N2O4/c1-9-6-11(18-2)12(19-3)7-10(9)16-14(17)13-8-15-4-5-20-13/h6-7,13,15H,4-5,8H2,1-3H3,(H,16,17). The van der Waals surface area contributed by atoms with Crippen molar-refractivity contribution in [1.82, 2.24) is 5.32 Å². The predicted molar refractivity (Wildman–Crippen MR) is 75.5 cm³/mol. The number of aryl methyl sites for hydroxylation is 1. The third-order valence-corrected chi connectivity index (χ3v) is 3.21. The Kier molecular flexibility index (Phi) is 4.81. The van der Waals surface area contributed by atoms with E-state index in [2.05, 4.69) is 10.6 Å². The summed E-state index contributed by atoms with van der Waals surface area (Å²) in [6.07, 6.45) is -0.462. The zero-order chi connectivity index (χ0) is 14.5. The van der Waals surface area contributed by atoms with Crippen LogP contribution in [0, 0.1) is 6.92 Å². The van der Waals surface area contributed by atoms with Crippen molar-refractivity contribution in [3.05, 3.63) is 17.7 Å². The molecule has 6 nitrogen and oxygen atoms in total. The highest BCUT2D eigenvalue weighted by atomic mass is 16.5. The van der Waals surface area contributed by atoms with Crippen molar-refractivity contribution in [2.75, 3.05) is 39.2 Å². The fraction of sp³-hybridized carbons (Fsp3) is 0.500. The molecule has 1 aliphatic rings. The Bertz CT molecular complexity index is 484. The lowest BCUT2D eigenvalue weighted by molar-refractivity contribution is -0.128. The van der Waals surface area contributed by atoms with Crippen LogP contribution in [0.25, 0.3) is 0 Å².